The largest absolute Gasteiger partial charge is 0.462 e. The van der Waals surface area contributed by atoms with E-state index >= 15 is 0 Å². The second-order valence-corrected chi connectivity index (χ2v) is 21.9. The molecule has 10 nitrogen and oxygen atoms in total. The van der Waals surface area contributed by atoms with E-state index < -0.39 is 0 Å². The molecule has 0 radical (unpaired) electrons. The molecular formula is C64H126O10. The van der Waals surface area contributed by atoms with Crippen LogP contribution in [0.5, 0.6) is 0 Å². The van der Waals surface area contributed by atoms with Crippen LogP contribution < -0.4 is 0 Å². The predicted molar refractivity (Wildman–Crippen MR) is 310 cm³/mol. The zero-order valence-electron chi connectivity index (χ0n) is 49.7. The number of hydrogen-bond donors (Lipinski definition) is 1. The molecule has 0 aromatic carbocycles. The maximum absolute atomic E-state index is 12.9. The molecule has 0 aromatic heterocycles. The Bertz CT molecular complexity index is 1080. The molecular weight excluding hydrogens is 929 g/mol. The van der Waals surface area contributed by atoms with Crippen molar-refractivity contribution in [2.45, 2.75) is 322 Å². The SMILES string of the molecule is CCCCCCCCCC(CCCCCCCC)OC(=O)CCCCCCCCC(COCCCCCCCC(=O)OC(CCCCCCCC)CCCCCCCC)COCCCOCCOCCOCCO. The number of aliphatic hydroxyl groups excluding tert-OH is 1. The summed E-state index contributed by atoms with van der Waals surface area (Å²) in [7, 11) is 0. The lowest BCUT2D eigenvalue weighted by Gasteiger charge is -2.18. The van der Waals surface area contributed by atoms with Crippen LogP contribution >= 0.6 is 0 Å². The highest BCUT2D eigenvalue weighted by Gasteiger charge is 2.16. The van der Waals surface area contributed by atoms with Crippen molar-refractivity contribution in [2.24, 2.45) is 5.92 Å². The molecule has 0 aromatic rings. The van der Waals surface area contributed by atoms with Crippen molar-refractivity contribution in [3.8, 4) is 0 Å². The Morgan fingerprint density at radius 3 is 0.959 bits per heavy atom. The van der Waals surface area contributed by atoms with Crippen LogP contribution in [0.1, 0.15) is 310 Å². The van der Waals surface area contributed by atoms with Crippen LogP contribution in [0.15, 0.2) is 0 Å². The lowest BCUT2D eigenvalue weighted by molar-refractivity contribution is -0.151. The van der Waals surface area contributed by atoms with Crippen molar-refractivity contribution in [1.82, 2.24) is 0 Å². The molecule has 0 rings (SSSR count). The zero-order valence-corrected chi connectivity index (χ0v) is 49.7. The number of carbonyl (C=O) groups is 2. The van der Waals surface area contributed by atoms with Crippen LogP contribution in [0.25, 0.3) is 0 Å². The van der Waals surface area contributed by atoms with Gasteiger partial charge in [0, 0.05) is 38.6 Å². The van der Waals surface area contributed by atoms with Crippen LogP contribution in [0.3, 0.4) is 0 Å². The minimum Gasteiger partial charge on any atom is -0.462 e. The van der Waals surface area contributed by atoms with Gasteiger partial charge in [0.2, 0.25) is 0 Å². The Kier molecular flexibility index (Phi) is 61.4. The third-order valence-corrected chi connectivity index (χ3v) is 14.5. The van der Waals surface area contributed by atoms with E-state index in [0.29, 0.717) is 71.6 Å². The first-order valence-corrected chi connectivity index (χ1v) is 32.4. The minimum atomic E-state index is 0.00647. The molecule has 0 aliphatic carbocycles. The lowest BCUT2D eigenvalue weighted by Crippen LogP contribution is -2.18. The highest BCUT2D eigenvalue weighted by atomic mass is 16.6. The molecule has 10 heteroatoms. The monoisotopic (exact) mass is 1050 g/mol. The highest BCUT2D eigenvalue weighted by molar-refractivity contribution is 5.69. The van der Waals surface area contributed by atoms with Gasteiger partial charge in [-0.05, 0) is 83.5 Å². The molecule has 2 atom stereocenters. The topological polar surface area (TPSA) is 119 Å². The summed E-state index contributed by atoms with van der Waals surface area (Å²) >= 11 is 0. The van der Waals surface area contributed by atoms with Gasteiger partial charge in [-0.3, -0.25) is 9.59 Å². The smallest absolute Gasteiger partial charge is 0.306 e. The minimum absolute atomic E-state index is 0.00647. The van der Waals surface area contributed by atoms with E-state index in [9.17, 15) is 9.59 Å². The van der Waals surface area contributed by atoms with Gasteiger partial charge in [0.05, 0.1) is 52.9 Å². The van der Waals surface area contributed by atoms with Crippen LogP contribution in [0, 0.1) is 5.92 Å². The molecule has 2 unspecified atom stereocenters. The fourth-order valence-electron chi connectivity index (χ4n) is 9.80. The Morgan fingerprint density at radius 2 is 0.581 bits per heavy atom. The lowest BCUT2D eigenvalue weighted by atomic mass is 10.0. The summed E-state index contributed by atoms with van der Waals surface area (Å²) in [5.74, 6) is 0.392. The van der Waals surface area contributed by atoms with E-state index in [0.717, 1.165) is 110 Å². The van der Waals surface area contributed by atoms with Crippen molar-refractivity contribution >= 4 is 11.9 Å². The van der Waals surface area contributed by atoms with E-state index in [1.54, 1.807) is 0 Å². The molecule has 0 heterocycles. The van der Waals surface area contributed by atoms with Gasteiger partial charge in [-0.15, -0.1) is 0 Å². The van der Waals surface area contributed by atoms with E-state index in [1.807, 2.05) is 0 Å². The first-order chi connectivity index (χ1) is 36.5. The molecule has 442 valence electrons. The second-order valence-electron chi connectivity index (χ2n) is 21.9. The number of esters is 2. The average molecular weight is 1060 g/mol. The van der Waals surface area contributed by atoms with Crippen molar-refractivity contribution in [3.05, 3.63) is 0 Å². The molecule has 0 spiro atoms. The summed E-state index contributed by atoms with van der Waals surface area (Å²) in [6, 6.07) is 0. The third kappa shape index (κ3) is 56.9. The molecule has 0 amide bonds. The summed E-state index contributed by atoms with van der Waals surface area (Å²) in [6.45, 7) is 15.0. The Morgan fingerprint density at radius 1 is 0.297 bits per heavy atom. The van der Waals surface area contributed by atoms with Gasteiger partial charge in [0.15, 0.2) is 0 Å². The number of carbonyl (C=O) groups excluding carboxylic acids is 2. The van der Waals surface area contributed by atoms with Gasteiger partial charge in [-0.25, -0.2) is 0 Å². The van der Waals surface area contributed by atoms with Gasteiger partial charge >= 0.3 is 11.9 Å². The normalized spacial score (nSPS) is 12.5. The van der Waals surface area contributed by atoms with Crippen LogP contribution in [-0.4, -0.2) is 102 Å². The fourth-order valence-corrected chi connectivity index (χ4v) is 9.80. The molecule has 0 saturated carbocycles. The third-order valence-electron chi connectivity index (χ3n) is 14.5. The number of rotatable bonds is 64. The Labute approximate surface area is 459 Å². The summed E-state index contributed by atoms with van der Waals surface area (Å²) in [4.78, 5) is 25.8. The van der Waals surface area contributed by atoms with Gasteiger partial charge in [0.25, 0.3) is 0 Å². The Balaban J connectivity index is 4.64. The quantitative estimate of drug-likeness (QED) is 0.0466. The second kappa shape index (κ2) is 62.5. The van der Waals surface area contributed by atoms with Crippen molar-refractivity contribution in [2.75, 3.05) is 72.7 Å². The highest BCUT2D eigenvalue weighted by Crippen LogP contribution is 2.21. The molecule has 0 aliphatic rings. The van der Waals surface area contributed by atoms with Gasteiger partial charge in [-0.2, -0.15) is 0 Å². The average Bonchev–Trinajstić information content (AvgIpc) is 3.40. The standard InChI is InChI=1S/C64H126O10/c1-5-9-13-17-21-29-37-46-62(45-36-28-20-16-12-8-4)74-63(66)47-38-30-23-22-25-33-42-60(59-72-52-41-51-68-54-56-70-57-55-69-53-49-65)58-71-50-40-32-24-31-39-48-64(67)73-61(43-34-26-18-14-10-6-2)44-35-27-19-15-11-7-3/h60-62,65H,5-59H2,1-4H3. The summed E-state index contributed by atoms with van der Waals surface area (Å²) in [5, 5.41) is 8.79. The molecule has 74 heavy (non-hydrogen) atoms. The molecule has 1 N–H and O–H groups in total. The molecule has 0 aliphatic heterocycles. The number of unbranched alkanes of at least 4 members (excludes halogenated alkanes) is 30. The number of ether oxygens (including phenoxy) is 7. The molecule has 0 bridgehead atoms. The molecule has 0 fully saturated rings. The number of aliphatic hydroxyl groups is 1. The first-order valence-electron chi connectivity index (χ1n) is 32.4. The van der Waals surface area contributed by atoms with E-state index in [1.165, 1.54) is 173 Å². The summed E-state index contributed by atoms with van der Waals surface area (Å²) < 4.78 is 41.0. The maximum Gasteiger partial charge on any atom is 0.306 e. The number of hydrogen-bond acceptors (Lipinski definition) is 10. The van der Waals surface area contributed by atoms with Gasteiger partial charge in [0.1, 0.15) is 12.2 Å². The fraction of sp³-hybridized carbons (Fsp3) is 0.969. The maximum atomic E-state index is 12.9. The van der Waals surface area contributed by atoms with Crippen molar-refractivity contribution < 1.29 is 47.9 Å². The first kappa shape index (κ1) is 72.7. The van der Waals surface area contributed by atoms with Crippen molar-refractivity contribution in [1.29, 1.82) is 0 Å². The molecule has 0 saturated heterocycles. The van der Waals surface area contributed by atoms with Crippen LogP contribution in [0.2, 0.25) is 0 Å². The summed E-state index contributed by atoms with van der Waals surface area (Å²) in [5.41, 5.74) is 0. The van der Waals surface area contributed by atoms with E-state index in [4.69, 9.17) is 38.3 Å². The summed E-state index contributed by atoms with van der Waals surface area (Å²) in [6.07, 6.45) is 51.3. The van der Waals surface area contributed by atoms with Gasteiger partial charge in [-0.1, -0.05) is 214 Å². The zero-order chi connectivity index (χ0) is 53.7. The predicted octanol–water partition coefficient (Wildman–Crippen LogP) is 17.7. The van der Waals surface area contributed by atoms with Crippen molar-refractivity contribution in [3.63, 3.8) is 0 Å². The van der Waals surface area contributed by atoms with Crippen LogP contribution in [-0.2, 0) is 42.7 Å². The van der Waals surface area contributed by atoms with E-state index in [-0.39, 0.29) is 30.8 Å². The van der Waals surface area contributed by atoms with Crippen LogP contribution in [0.4, 0.5) is 0 Å². The Hall–Kier alpha value is -1.30. The van der Waals surface area contributed by atoms with E-state index in [2.05, 4.69) is 27.7 Å². The van der Waals surface area contributed by atoms with Gasteiger partial charge < -0.3 is 38.3 Å².